The summed E-state index contributed by atoms with van der Waals surface area (Å²) in [5, 5.41) is 10.7. The van der Waals surface area contributed by atoms with Crippen molar-refractivity contribution in [2.24, 2.45) is 0 Å². The van der Waals surface area contributed by atoms with Gasteiger partial charge in [-0.2, -0.15) is 0 Å². The summed E-state index contributed by atoms with van der Waals surface area (Å²) < 4.78 is 0. The fourth-order valence-corrected chi connectivity index (χ4v) is 2.12. The molecule has 0 unspecified atom stereocenters. The molecule has 94 valence electrons. The molecule has 1 aliphatic rings. The number of anilines is 1. The van der Waals surface area contributed by atoms with E-state index in [9.17, 15) is 19.7 Å². The van der Waals surface area contributed by atoms with E-state index in [0.29, 0.717) is 31.2 Å². The minimum atomic E-state index is -0.461. The summed E-state index contributed by atoms with van der Waals surface area (Å²) in [6.07, 6.45) is 2.27. The van der Waals surface area contributed by atoms with Gasteiger partial charge in [-0.15, -0.1) is 0 Å². The predicted octanol–water partition coefficient (Wildman–Crippen LogP) is 1.46. The first-order chi connectivity index (χ1) is 8.63. The number of fused-ring (bicyclic) bond motifs is 1. The lowest BCUT2D eigenvalue weighted by Crippen LogP contribution is -2.31. The first-order valence-electron chi connectivity index (χ1n) is 5.65. The normalized spacial score (nSPS) is 14.9. The van der Waals surface area contributed by atoms with Crippen LogP contribution in [0.2, 0.25) is 0 Å². The molecule has 2 rings (SSSR count). The second kappa shape index (κ2) is 4.95. The summed E-state index contributed by atoms with van der Waals surface area (Å²) in [5.74, 6) is -0.116. The molecule has 1 heterocycles. The Hall–Kier alpha value is -2.24. The van der Waals surface area contributed by atoms with Crippen LogP contribution < -0.4 is 4.90 Å². The number of amides is 1. The molecular formula is C12H12N2O4. The molecule has 18 heavy (non-hydrogen) atoms. The van der Waals surface area contributed by atoms with Gasteiger partial charge in [-0.25, -0.2) is 0 Å². The second-order valence-electron chi connectivity index (χ2n) is 4.09. The Kier molecular flexibility index (Phi) is 3.36. The summed E-state index contributed by atoms with van der Waals surface area (Å²) >= 11 is 0. The molecule has 0 N–H and O–H groups in total. The van der Waals surface area contributed by atoms with Gasteiger partial charge in [0.05, 0.1) is 11.5 Å². The molecule has 1 aromatic rings. The molecule has 6 nitrogen and oxygen atoms in total. The van der Waals surface area contributed by atoms with Crippen molar-refractivity contribution in [3.63, 3.8) is 0 Å². The summed E-state index contributed by atoms with van der Waals surface area (Å²) in [6.45, 7) is -0.0103. The van der Waals surface area contributed by atoms with Crippen LogP contribution in [-0.2, 0) is 16.0 Å². The molecule has 6 heteroatoms. The van der Waals surface area contributed by atoms with Crippen LogP contribution in [0.3, 0.4) is 0 Å². The van der Waals surface area contributed by atoms with Crippen LogP contribution in [0.4, 0.5) is 11.4 Å². The van der Waals surface area contributed by atoms with Crippen molar-refractivity contribution in [3.05, 3.63) is 33.9 Å². The molecule has 0 spiro atoms. The molecule has 0 aromatic heterocycles. The lowest BCUT2D eigenvalue weighted by Gasteiger charge is -2.20. The average Bonchev–Trinajstić information content (AvgIpc) is 2.49. The Balaban J connectivity index is 2.46. The summed E-state index contributed by atoms with van der Waals surface area (Å²) in [6, 6.07) is 4.38. The Bertz CT molecular complexity index is 513. The topological polar surface area (TPSA) is 80.5 Å². The summed E-state index contributed by atoms with van der Waals surface area (Å²) in [7, 11) is 0. The van der Waals surface area contributed by atoms with Crippen LogP contribution in [0, 0.1) is 10.1 Å². The number of non-ortho nitro benzene ring substituents is 1. The largest absolute Gasteiger partial charge is 0.305 e. The standard InChI is InChI=1S/C12H12N2O4/c15-7-6-13-11-5-4-10(14(17)18)8-9(11)2-1-3-12(13)16/h4-5,7-8H,1-3,6H2. The SMILES string of the molecule is O=CCN1C(=O)CCCc2cc([N+](=O)[O-])ccc21. The smallest absolute Gasteiger partial charge is 0.269 e. The van der Waals surface area contributed by atoms with Crippen LogP contribution in [0.15, 0.2) is 18.2 Å². The molecule has 0 bridgehead atoms. The first-order valence-corrected chi connectivity index (χ1v) is 5.65. The van der Waals surface area contributed by atoms with E-state index in [1.165, 1.54) is 17.0 Å². The van der Waals surface area contributed by atoms with Gasteiger partial charge < -0.3 is 9.69 Å². The number of rotatable bonds is 3. The fourth-order valence-electron chi connectivity index (χ4n) is 2.12. The first kappa shape index (κ1) is 12.2. The van der Waals surface area contributed by atoms with Crippen molar-refractivity contribution in [1.29, 1.82) is 0 Å². The fraction of sp³-hybridized carbons (Fsp3) is 0.333. The molecule has 0 fully saturated rings. The third kappa shape index (κ3) is 2.22. The quantitative estimate of drug-likeness (QED) is 0.460. The molecular weight excluding hydrogens is 236 g/mol. The highest BCUT2D eigenvalue weighted by atomic mass is 16.6. The van der Waals surface area contributed by atoms with Gasteiger partial charge in [-0.1, -0.05) is 0 Å². The summed E-state index contributed by atoms with van der Waals surface area (Å²) in [5.41, 5.74) is 1.36. The molecule has 1 amide bonds. The van der Waals surface area contributed by atoms with Gasteiger partial charge in [0, 0.05) is 24.2 Å². The van der Waals surface area contributed by atoms with E-state index in [1.807, 2.05) is 0 Å². The Morgan fingerprint density at radius 3 is 2.83 bits per heavy atom. The van der Waals surface area contributed by atoms with E-state index < -0.39 is 4.92 Å². The monoisotopic (exact) mass is 248 g/mol. The highest BCUT2D eigenvalue weighted by molar-refractivity contribution is 5.97. The van der Waals surface area contributed by atoms with Gasteiger partial charge in [0.1, 0.15) is 6.29 Å². The maximum Gasteiger partial charge on any atom is 0.269 e. The number of benzene rings is 1. The van der Waals surface area contributed by atoms with Crippen molar-refractivity contribution in [2.45, 2.75) is 19.3 Å². The number of nitrogens with zero attached hydrogens (tertiary/aromatic N) is 2. The Labute approximate surface area is 103 Å². The van der Waals surface area contributed by atoms with Gasteiger partial charge in [-0.05, 0) is 24.5 Å². The maximum atomic E-state index is 11.8. The number of hydrogen-bond donors (Lipinski definition) is 0. The van der Waals surface area contributed by atoms with Gasteiger partial charge >= 0.3 is 0 Å². The predicted molar refractivity (Wildman–Crippen MR) is 64.5 cm³/mol. The van der Waals surface area contributed by atoms with Crippen molar-refractivity contribution in [3.8, 4) is 0 Å². The van der Waals surface area contributed by atoms with Gasteiger partial charge in [0.15, 0.2) is 0 Å². The van der Waals surface area contributed by atoms with Crippen molar-refractivity contribution in [2.75, 3.05) is 11.4 Å². The minimum Gasteiger partial charge on any atom is -0.305 e. The maximum absolute atomic E-state index is 11.8. The molecule has 1 aliphatic heterocycles. The molecule has 0 saturated heterocycles. The number of carbonyl (C=O) groups is 2. The second-order valence-corrected chi connectivity index (χ2v) is 4.09. The number of aryl methyl sites for hydroxylation is 1. The zero-order valence-electron chi connectivity index (χ0n) is 9.67. The van der Waals surface area contributed by atoms with Crippen LogP contribution in [-0.4, -0.2) is 23.7 Å². The van der Waals surface area contributed by atoms with Crippen molar-refractivity contribution >= 4 is 23.6 Å². The van der Waals surface area contributed by atoms with Gasteiger partial charge in [0.2, 0.25) is 5.91 Å². The van der Waals surface area contributed by atoms with Crippen LogP contribution in [0.25, 0.3) is 0 Å². The third-order valence-corrected chi connectivity index (χ3v) is 2.96. The zero-order chi connectivity index (χ0) is 13.1. The number of nitro benzene ring substituents is 1. The Morgan fingerprint density at radius 1 is 1.39 bits per heavy atom. The summed E-state index contributed by atoms with van der Waals surface area (Å²) in [4.78, 5) is 34.1. The van der Waals surface area contributed by atoms with Crippen LogP contribution in [0.1, 0.15) is 18.4 Å². The highest BCUT2D eigenvalue weighted by Gasteiger charge is 2.23. The minimum absolute atomic E-state index is 0.00847. The van der Waals surface area contributed by atoms with E-state index in [4.69, 9.17) is 0 Å². The van der Waals surface area contributed by atoms with Crippen molar-refractivity contribution < 1.29 is 14.5 Å². The average molecular weight is 248 g/mol. The van der Waals surface area contributed by atoms with E-state index in [2.05, 4.69) is 0 Å². The molecule has 1 aromatic carbocycles. The molecule has 0 aliphatic carbocycles. The highest BCUT2D eigenvalue weighted by Crippen LogP contribution is 2.29. The molecule has 0 radical (unpaired) electrons. The van der Waals surface area contributed by atoms with Crippen molar-refractivity contribution in [1.82, 2.24) is 0 Å². The van der Waals surface area contributed by atoms with Gasteiger partial charge in [0.25, 0.3) is 5.69 Å². The number of carbonyl (C=O) groups excluding carboxylic acids is 2. The lowest BCUT2D eigenvalue weighted by molar-refractivity contribution is -0.384. The number of nitro groups is 1. The van der Waals surface area contributed by atoms with Gasteiger partial charge in [-0.3, -0.25) is 14.9 Å². The van der Waals surface area contributed by atoms with E-state index in [1.54, 1.807) is 6.07 Å². The number of hydrogen-bond acceptors (Lipinski definition) is 4. The molecule has 0 atom stereocenters. The third-order valence-electron chi connectivity index (χ3n) is 2.96. The van der Waals surface area contributed by atoms with E-state index >= 15 is 0 Å². The zero-order valence-corrected chi connectivity index (χ0v) is 9.67. The lowest BCUT2D eigenvalue weighted by atomic mass is 10.1. The van der Waals surface area contributed by atoms with Crippen LogP contribution >= 0.6 is 0 Å². The molecule has 0 saturated carbocycles. The van der Waals surface area contributed by atoms with Crippen LogP contribution in [0.5, 0.6) is 0 Å². The Morgan fingerprint density at radius 2 is 2.17 bits per heavy atom. The van der Waals surface area contributed by atoms with E-state index in [0.717, 1.165) is 5.56 Å². The number of aldehydes is 1. The van der Waals surface area contributed by atoms with E-state index in [-0.39, 0.29) is 18.1 Å².